The van der Waals surface area contributed by atoms with Gasteiger partial charge in [-0.3, -0.25) is 4.79 Å². The Hall–Kier alpha value is -2.17. The van der Waals surface area contributed by atoms with Crippen LogP contribution in [-0.4, -0.2) is 28.3 Å². The lowest BCUT2D eigenvalue weighted by Crippen LogP contribution is -2.40. The predicted molar refractivity (Wildman–Crippen MR) is 96.1 cm³/mol. The Morgan fingerprint density at radius 2 is 2.16 bits per heavy atom. The molecule has 25 heavy (non-hydrogen) atoms. The minimum Gasteiger partial charge on any atom is -0.469 e. The second kappa shape index (κ2) is 6.62. The van der Waals surface area contributed by atoms with E-state index in [-0.39, 0.29) is 11.7 Å². The van der Waals surface area contributed by atoms with Crippen LogP contribution in [0, 0.1) is 6.92 Å². The standard InChI is InChI=1S/C20H25N3O2/c1-3-15-7-4-5-9-23(15)20-21-13(2)19-16(22-20)11-14(12-17(19)24)18-8-6-10-25-18/h6,8,10,14-15H,3-5,7,9,11-12H2,1-2H3/t14-,15-/m1/s1. The first-order valence-corrected chi connectivity index (χ1v) is 9.38. The average Bonchev–Trinajstić information content (AvgIpc) is 3.15. The van der Waals surface area contributed by atoms with Gasteiger partial charge >= 0.3 is 0 Å². The van der Waals surface area contributed by atoms with Crippen LogP contribution in [0.1, 0.15) is 72.5 Å². The maximum atomic E-state index is 12.7. The molecule has 132 valence electrons. The van der Waals surface area contributed by atoms with Crippen molar-refractivity contribution >= 4 is 11.7 Å². The molecule has 3 heterocycles. The lowest BCUT2D eigenvalue weighted by atomic mass is 9.84. The minimum atomic E-state index is 0.0838. The van der Waals surface area contributed by atoms with E-state index in [1.165, 1.54) is 19.3 Å². The van der Waals surface area contributed by atoms with Crippen LogP contribution >= 0.6 is 0 Å². The number of carbonyl (C=O) groups excluding carboxylic acids is 1. The molecule has 0 bridgehead atoms. The fourth-order valence-corrected chi connectivity index (χ4v) is 4.30. The first kappa shape index (κ1) is 16.3. The van der Waals surface area contributed by atoms with Gasteiger partial charge in [0.25, 0.3) is 0 Å². The summed E-state index contributed by atoms with van der Waals surface area (Å²) in [5, 5.41) is 0. The van der Waals surface area contributed by atoms with E-state index in [9.17, 15) is 4.79 Å². The number of piperidine rings is 1. The zero-order valence-electron chi connectivity index (χ0n) is 15.0. The number of ketones is 1. The number of nitrogens with zero attached hydrogens (tertiary/aromatic N) is 3. The Balaban J connectivity index is 1.70. The highest BCUT2D eigenvalue weighted by Gasteiger charge is 2.32. The van der Waals surface area contributed by atoms with Gasteiger partial charge in [0.2, 0.25) is 5.95 Å². The molecule has 5 nitrogen and oxygen atoms in total. The SMILES string of the molecule is CC[C@@H]1CCCCN1c1nc(C)c2c(n1)C[C@@H](c1ccco1)CC2=O. The lowest BCUT2D eigenvalue weighted by Gasteiger charge is -2.36. The van der Waals surface area contributed by atoms with E-state index in [1.54, 1.807) is 6.26 Å². The van der Waals surface area contributed by atoms with E-state index in [0.29, 0.717) is 12.5 Å². The van der Waals surface area contributed by atoms with Crippen LogP contribution in [0.2, 0.25) is 0 Å². The van der Waals surface area contributed by atoms with E-state index in [4.69, 9.17) is 14.4 Å². The number of anilines is 1. The van der Waals surface area contributed by atoms with Gasteiger partial charge in [0.1, 0.15) is 5.76 Å². The van der Waals surface area contributed by atoms with Crippen molar-refractivity contribution < 1.29 is 9.21 Å². The molecular formula is C20H25N3O2. The topological polar surface area (TPSA) is 59.2 Å². The molecule has 0 aromatic carbocycles. The number of aryl methyl sites for hydroxylation is 1. The van der Waals surface area contributed by atoms with Crippen molar-refractivity contribution in [2.24, 2.45) is 0 Å². The molecule has 2 aromatic rings. The van der Waals surface area contributed by atoms with Crippen LogP contribution in [0.5, 0.6) is 0 Å². The summed E-state index contributed by atoms with van der Waals surface area (Å²) in [6, 6.07) is 4.34. The van der Waals surface area contributed by atoms with Crippen LogP contribution in [0.3, 0.4) is 0 Å². The zero-order chi connectivity index (χ0) is 17.4. The molecule has 0 radical (unpaired) electrons. The third-order valence-corrected chi connectivity index (χ3v) is 5.60. The zero-order valence-corrected chi connectivity index (χ0v) is 15.0. The molecule has 1 saturated heterocycles. The molecule has 0 saturated carbocycles. The van der Waals surface area contributed by atoms with Gasteiger partial charge in [0.05, 0.1) is 23.2 Å². The lowest BCUT2D eigenvalue weighted by molar-refractivity contribution is 0.0958. The Bertz CT molecular complexity index is 769. The highest BCUT2D eigenvalue weighted by molar-refractivity contribution is 5.99. The summed E-state index contributed by atoms with van der Waals surface area (Å²) in [5.41, 5.74) is 2.44. The summed E-state index contributed by atoms with van der Waals surface area (Å²) in [7, 11) is 0. The molecule has 1 fully saturated rings. The van der Waals surface area contributed by atoms with Gasteiger partial charge < -0.3 is 9.32 Å². The molecule has 2 aromatic heterocycles. The van der Waals surface area contributed by atoms with E-state index in [1.807, 2.05) is 19.1 Å². The Labute approximate surface area is 148 Å². The second-order valence-corrected chi connectivity index (χ2v) is 7.23. The second-order valence-electron chi connectivity index (χ2n) is 7.23. The number of hydrogen-bond donors (Lipinski definition) is 0. The molecule has 2 aliphatic rings. The summed E-state index contributed by atoms with van der Waals surface area (Å²) in [6.45, 7) is 5.18. The molecule has 5 heteroatoms. The summed E-state index contributed by atoms with van der Waals surface area (Å²) >= 11 is 0. The van der Waals surface area contributed by atoms with Gasteiger partial charge in [-0.25, -0.2) is 9.97 Å². The third kappa shape index (κ3) is 2.96. The number of carbonyl (C=O) groups is 1. The van der Waals surface area contributed by atoms with Crippen molar-refractivity contribution in [3.8, 4) is 0 Å². The highest BCUT2D eigenvalue weighted by atomic mass is 16.3. The van der Waals surface area contributed by atoms with Crippen molar-refractivity contribution in [1.29, 1.82) is 0 Å². The van der Waals surface area contributed by atoms with Crippen LogP contribution in [0.4, 0.5) is 5.95 Å². The van der Waals surface area contributed by atoms with Crippen molar-refractivity contribution in [3.05, 3.63) is 41.1 Å². The average molecular weight is 339 g/mol. The number of furan rings is 1. The molecule has 4 rings (SSSR count). The quantitative estimate of drug-likeness (QED) is 0.844. The van der Waals surface area contributed by atoms with Gasteiger partial charge in [0, 0.05) is 31.3 Å². The molecular weight excluding hydrogens is 314 g/mol. The number of aromatic nitrogens is 2. The van der Waals surface area contributed by atoms with Gasteiger partial charge in [-0.1, -0.05) is 6.92 Å². The largest absolute Gasteiger partial charge is 0.469 e. The Kier molecular flexibility index (Phi) is 4.32. The third-order valence-electron chi connectivity index (χ3n) is 5.60. The monoisotopic (exact) mass is 339 g/mol. The Morgan fingerprint density at radius 1 is 1.28 bits per heavy atom. The molecule has 0 unspecified atom stereocenters. The summed E-state index contributed by atoms with van der Waals surface area (Å²) in [6.07, 6.45) is 7.66. The van der Waals surface area contributed by atoms with Crippen LogP contribution < -0.4 is 4.90 Å². The molecule has 0 N–H and O–H groups in total. The van der Waals surface area contributed by atoms with E-state index >= 15 is 0 Å². The number of fused-ring (bicyclic) bond motifs is 1. The van der Waals surface area contributed by atoms with Gasteiger partial charge in [-0.2, -0.15) is 0 Å². The summed E-state index contributed by atoms with van der Waals surface area (Å²) < 4.78 is 5.54. The maximum Gasteiger partial charge on any atom is 0.226 e. The van der Waals surface area contributed by atoms with E-state index < -0.39 is 0 Å². The normalized spacial score (nSPS) is 23.6. The summed E-state index contributed by atoms with van der Waals surface area (Å²) in [5.74, 6) is 1.90. The molecule has 1 aliphatic carbocycles. The van der Waals surface area contributed by atoms with Crippen LogP contribution in [-0.2, 0) is 6.42 Å². The van der Waals surface area contributed by atoms with Crippen molar-refractivity contribution in [2.45, 2.75) is 64.3 Å². The van der Waals surface area contributed by atoms with Gasteiger partial charge in [-0.05, 0) is 44.7 Å². The highest BCUT2D eigenvalue weighted by Crippen LogP contribution is 2.34. The van der Waals surface area contributed by atoms with Crippen molar-refractivity contribution in [2.75, 3.05) is 11.4 Å². The number of rotatable bonds is 3. The van der Waals surface area contributed by atoms with E-state index in [0.717, 1.165) is 48.0 Å². The van der Waals surface area contributed by atoms with Gasteiger partial charge in [0.15, 0.2) is 5.78 Å². The molecule has 0 spiro atoms. The predicted octanol–water partition coefficient (Wildman–Crippen LogP) is 4.06. The smallest absolute Gasteiger partial charge is 0.226 e. The van der Waals surface area contributed by atoms with Crippen molar-refractivity contribution in [3.63, 3.8) is 0 Å². The Morgan fingerprint density at radius 3 is 2.92 bits per heavy atom. The minimum absolute atomic E-state index is 0.0838. The molecule has 1 aliphatic heterocycles. The molecule has 2 atom stereocenters. The first-order chi connectivity index (χ1) is 12.2. The number of Topliss-reactive ketones (excluding diaryl/α,β-unsaturated/α-hetero) is 1. The first-order valence-electron chi connectivity index (χ1n) is 9.38. The summed E-state index contributed by atoms with van der Waals surface area (Å²) in [4.78, 5) is 24.6. The fraction of sp³-hybridized carbons (Fsp3) is 0.550. The van der Waals surface area contributed by atoms with Crippen LogP contribution in [0.15, 0.2) is 22.8 Å². The van der Waals surface area contributed by atoms with Crippen LogP contribution in [0.25, 0.3) is 0 Å². The fourth-order valence-electron chi connectivity index (χ4n) is 4.30. The van der Waals surface area contributed by atoms with E-state index in [2.05, 4.69) is 11.8 Å². The van der Waals surface area contributed by atoms with Crippen molar-refractivity contribution in [1.82, 2.24) is 9.97 Å². The maximum absolute atomic E-state index is 12.7. The van der Waals surface area contributed by atoms with Gasteiger partial charge in [-0.15, -0.1) is 0 Å². The molecule has 0 amide bonds. The number of hydrogen-bond acceptors (Lipinski definition) is 5.